The number of benzene rings is 1. The van der Waals surface area contributed by atoms with Gasteiger partial charge in [0.15, 0.2) is 5.58 Å². The maximum Gasteiger partial charge on any atom is 0.229 e. The van der Waals surface area contributed by atoms with Gasteiger partial charge in [0.2, 0.25) is 11.8 Å². The van der Waals surface area contributed by atoms with Crippen molar-refractivity contribution in [2.24, 2.45) is 5.92 Å². The fraction of sp³-hybridized carbons (Fsp3) is 0.385. The number of rotatable bonds is 4. The Morgan fingerprint density at radius 1 is 1.12 bits per heavy atom. The SMILES string of the molecule is Cc1ncc(-c2nc3cc([C@H]4CCCN(C)C4)ccc3o2)c2cc(NC(=O)C3CC3)ncc12. The first-order chi connectivity index (χ1) is 16.0. The lowest BCUT2D eigenvalue weighted by Crippen LogP contribution is -2.30. The maximum atomic E-state index is 12.2. The van der Waals surface area contributed by atoms with Gasteiger partial charge in [-0.2, -0.15) is 0 Å². The highest BCUT2D eigenvalue weighted by molar-refractivity contribution is 6.00. The van der Waals surface area contributed by atoms with E-state index in [9.17, 15) is 4.79 Å². The van der Waals surface area contributed by atoms with Gasteiger partial charge in [-0.05, 0) is 75.9 Å². The van der Waals surface area contributed by atoms with Crippen LogP contribution in [0.3, 0.4) is 0 Å². The molecule has 1 aliphatic heterocycles. The summed E-state index contributed by atoms with van der Waals surface area (Å²) >= 11 is 0. The van der Waals surface area contributed by atoms with Crippen LogP contribution in [0, 0.1) is 12.8 Å². The van der Waals surface area contributed by atoms with Crippen LogP contribution in [0.1, 0.15) is 42.9 Å². The highest BCUT2D eigenvalue weighted by Gasteiger charge is 2.30. The van der Waals surface area contributed by atoms with E-state index in [1.54, 1.807) is 12.4 Å². The maximum absolute atomic E-state index is 12.2. The summed E-state index contributed by atoms with van der Waals surface area (Å²) in [4.78, 5) is 28.5. The van der Waals surface area contributed by atoms with Crippen molar-refractivity contribution in [1.29, 1.82) is 0 Å². The number of likely N-dealkylation sites (N-methyl/N-ethyl adjacent to an activating group) is 1. The predicted molar refractivity (Wildman–Crippen MR) is 128 cm³/mol. The summed E-state index contributed by atoms with van der Waals surface area (Å²) in [6.07, 6.45) is 7.90. The monoisotopic (exact) mass is 441 g/mol. The number of nitrogens with one attached hydrogen (secondary N) is 1. The lowest BCUT2D eigenvalue weighted by molar-refractivity contribution is -0.117. The van der Waals surface area contributed by atoms with Crippen molar-refractivity contribution in [3.63, 3.8) is 0 Å². The van der Waals surface area contributed by atoms with E-state index in [0.29, 0.717) is 17.6 Å². The number of piperidine rings is 1. The summed E-state index contributed by atoms with van der Waals surface area (Å²) in [7, 11) is 2.19. The molecule has 33 heavy (non-hydrogen) atoms. The Balaban J connectivity index is 1.39. The molecule has 1 aliphatic carbocycles. The van der Waals surface area contributed by atoms with E-state index in [2.05, 4.69) is 39.4 Å². The zero-order valence-electron chi connectivity index (χ0n) is 19.0. The average Bonchev–Trinajstić information content (AvgIpc) is 3.58. The van der Waals surface area contributed by atoms with Crippen molar-refractivity contribution in [2.45, 2.75) is 38.5 Å². The third kappa shape index (κ3) is 3.86. The Labute approximate surface area is 192 Å². The van der Waals surface area contributed by atoms with Gasteiger partial charge < -0.3 is 14.6 Å². The number of hydrogen-bond acceptors (Lipinski definition) is 6. The Hall–Kier alpha value is -3.32. The quantitative estimate of drug-likeness (QED) is 0.485. The molecule has 0 spiro atoms. The summed E-state index contributed by atoms with van der Waals surface area (Å²) in [5, 5.41) is 4.78. The molecule has 1 atom stereocenters. The first-order valence-electron chi connectivity index (χ1n) is 11.7. The molecule has 2 aliphatic rings. The number of nitrogens with zero attached hydrogens (tertiary/aromatic N) is 4. The van der Waals surface area contributed by atoms with Gasteiger partial charge >= 0.3 is 0 Å². The topological polar surface area (TPSA) is 84.2 Å². The van der Waals surface area contributed by atoms with Crippen molar-refractivity contribution in [1.82, 2.24) is 19.9 Å². The van der Waals surface area contributed by atoms with Crippen molar-refractivity contribution in [3.8, 4) is 11.5 Å². The first kappa shape index (κ1) is 20.3. The minimum Gasteiger partial charge on any atom is -0.436 e. The summed E-state index contributed by atoms with van der Waals surface area (Å²) in [5.41, 5.74) is 4.62. The molecule has 1 saturated carbocycles. The second kappa shape index (κ2) is 7.92. The average molecular weight is 442 g/mol. The minimum absolute atomic E-state index is 0.0388. The summed E-state index contributed by atoms with van der Waals surface area (Å²) in [5.74, 6) is 1.77. The molecule has 4 aromatic rings. The molecular formula is C26H27N5O2. The van der Waals surface area contributed by atoms with Gasteiger partial charge in [-0.25, -0.2) is 9.97 Å². The number of oxazole rings is 1. The van der Waals surface area contributed by atoms with Gasteiger partial charge in [-0.15, -0.1) is 0 Å². The largest absolute Gasteiger partial charge is 0.436 e. The number of carbonyl (C=O) groups is 1. The van der Waals surface area contributed by atoms with Gasteiger partial charge in [0.25, 0.3) is 0 Å². The molecule has 168 valence electrons. The summed E-state index contributed by atoms with van der Waals surface area (Å²) in [6.45, 7) is 4.19. The number of anilines is 1. The van der Waals surface area contributed by atoms with Crippen LogP contribution >= 0.6 is 0 Å². The first-order valence-corrected chi connectivity index (χ1v) is 11.7. The molecule has 7 heteroatoms. The van der Waals surface area contributed by atoms with Crippen LogP contribution in [0.25, 0.3) is 33.3 Å². The van der Waals surface area contributed by atoms with Crippen LogP contribution < -0.4 is 5.32 Å². The van der Waals surface area contributed by atoms with E-state index < -0.39 is 0 Å². The van der Waals surface area contributed by atoms with Crippen LogP contribution in [0.4, 0.5) is 5.82 Å². The molecule has 7 nitrogen and oxygen atoms in total. The third-order valence-corrected chi connectivity index (χ3v) is 6.91. The van der Waals surface area contributed by atoms with Crippen LogP contribution in [-0.4, -0.2) is 45.9 Å². The Morgan fingerprint density at radius 3 is 2.82 bits per heavy atom. The Bertz CT molecular complexity index is 1370. The number of hydrogen-bond donors (Lipinski definition) is 1. The fourth-order valence-corrected chi connectivity index (χ4v) is 4.83. The molecule has 6 rings (SSSR count). The van der Waals surface area contributed by atoms with Crippen molar-refractivity contribution in [2.75, 3.05) is 25.5 Å². The van der Waals surface area contributed by atoms with Gasteiger partial charge in [0, 0.05) is 41.3 Å². The van der Waals surface area contributed by atoms with Crippen LogP contribution in [0.15, 0.2) is 41.1 Å². The molecule has 4 heterocycles. The molecule has 0 radical (unpaired) electrons. The van der Waals surface area contributed by atoms with E-state index in [0.717, 1.165) is 59.1 Å². The number of carbonyl (C=O) groups excluding carboxylic acids is 1. The van der Waals surface area contributed by atoms with Crippen LogP contribution in [-0.2, 0) is 4.79 Å². The third-order valence-electron chi connectivity index (χ3n) is 6.91. The summed E-state index contributed by atoms with van der Waals surface area (Å²) in [6, 6.07) is 8.26. The van der Waals surface area contributed by atoms with Crippen molar-refractivity contribution in [3.05, 3.63) is 47.9 Å². The standard InChI is InChI=1S/C26H27N5O2/c1-15-20-12-28-24(30-25(32)16-5-6-16)11-19(20)21(13-27-15)26-29-22-10-17(7-8-23(22)33-26)18-4-3-9-31(2)14-18/h7-8,10-13,16,18H,3-6,9,14H2,1-2H3,(H,28,30,32)/t18-/m0/s1. The molecule has 1 amide bonds. The number of likely N-dealkylation sites (tertiary alicyclic amines) is 1. The lowest BCUT2D eigenvalue weighted by Gasteiger charge is -2.29. The van der Waals surface area contributed by atoms with Gasteiger partial charge in [0.05, 0.1) is 5.56 Å². The fourth-order valence-electron chi connectivity index (χ4n) is 4.83. The molecule has 0 bridgehead atoms. The zero-order valence-corrected chi connectivity index (χ0v) is 19.0. The molecule has 1 aromatic carbocycles. The Morgan fingerprint density at radius 2 is 2.00 bits per heavy atom. The number of pyridine rings is 2. The molecular weight excluding hydrogens is 414 g/mol. The van der Waals surface area contributed by atoms with Gasteiger partial charge in [-0.3, -0.25) is 9.78 Å². The number of aromatic nitrogens is 3. The molecule has 3 aromatic heterocycles. The normalized spacial score (nSPS) is 19.3. The van der Waals surface area contributed by atoms with E-state index in [1.807, 2.05) is 19.1 Å². The molecule has 0 unspecified atom stereocenters. The van der Waals surface area contributed by atoms with E-state index in [1.165, 1.54) is 18.4 Å². The second-order valence-corrected chi connectivity index (χ2v) is 9.48. The molecule has 1 N–H and O–H groups in total. The van der Waals surface area contributed by atoms with Crippen LogP contribution in [0.5, 0.6) is 0 Å². The number of aryl methyl sites for hydroxylation is 1. The van der Waals surface area contributed by atoms with Crippen molar-refractivity contribution < 1.29 is 9.21 Å². The summed E-state index contributed by atoms with van der Waals surface area (Å²) < 4.78 is 6.17. The van der Waals surface area contributed by atoms with Gasteiger partial charge in [0.1, 0.15) is 11.3 Å². The smallest absolute Gasteiger partial charge is 0.229 e. The highest BCUT2D eigenvalue weighted by Crippen LogP contribution is 2.35. The molecule has 1 saturated heterocycles. The predicted octanol–water partition coefficient (Wildman–Crippen LogP) is 4.90. The number of fused-ring (bicyclic) bond motifs is 2. The van der Waals surface area contributed by atoms with Crippen molar-refractivity contribution >= 4 is 33.6 Å². The number of amides is 1. The van der Waals surface area contributed by atoms with Gasteiger partial charge in [-0.1, -0.05) is 6.07 Å². The highest BCUT2D eigenvalue weighted by atomic mass is 16.3. The van der Waals surface area contributed by atoms with E-state index in [-0.39, 0.29) is 11.8 Å². The minimum atomic E-state index is 0.0388. The molecule has 2 fully saturated rings. The lowest BCUT2D eigenvalue weighted by atomic mass is 9.91. The van der Waals surface area contributed by atoms with E-state index in [4.69, 9.17) is 9.40 Å². The van der Waals surface area contributed by atoms with Crippen LogP contribution in [0.2, 0.25) is 0 Å². The zero-order chi connectivity index (χ0) is 22.5. The Kier molecular flexibility index (Phi) is 4.87. The second-order valence-electron chi connectivity index (χ2n) is 9.48. The van der Waals surface area contributed by atoms with E-state index >= 15 is 0 Å².